The molecule has 3 heteroatoms. The van der Waals surface area contributed by atoms with Crippen LogP contribution in [0.4, 0.5) is 0 Å². The van der Waals surface area contributed by atoms with Crippen LogP contribution in [-0.2, 0) is 9.53 Å². The molecule has 3 nitrogen and oxygen atoms in total. The first-order chi connectivity index (χ1) is 10.8. The molecule has 22 heavy (non-hydrogen) atoms. The van der Waals surface area contributed by atoms with Crippen molar-refractivity contribution >= 4 is 6.47 Å². The lowest BCUT2D eigenvalue weighted by Crippen LogP contribution is -1.95. The molecule has 0 aromatic heterocycles. The quantitative estimate of drug-likeness (QED) is 0.384. The predicted molar refractivity (Wildman–Crippen MR) is 92.2 cm³/mol. The van der Waals surface area contributed by atoms with Gasteiger partial charge < -0.3 is 9.47 Å². The van der Waals surface area contributed by atoms with E-state index in [1.54, 1.807) is 0 Å². The van der Waals surface area contributed by atoms with Gasteiger partial charge in [0.25, 0.3) is 6.47 Å². The summed E-state index contributed by atoms with van der Waals surface area (Å²) in [5.41, 5.74) is 0. The highest BCUT2D eigenvalue weighted by molar-refractivity contribution is 5.36. The topological polar surface area (TPSA) is 35.5 Å². The molecule has 0 saturated carbocycles. The van der Waals surface area contributed by atoms with Crippen LogP contribution in [0.1, 0.15) is 65.2 Å². The summed E-state index contributed by atoms with van der Waals surface area (Å²) >= 11 is 0. The Balaban J connectivity index is 0.000000401. The van der Waals surface area contributed by atoms with E-state index in [1.165, 1.54) is 38.5 Å². The van der Waals surface area contributed by atoms with E-state index >= 15 is 0 Å². The van der Waals surface area contributed by atoms with Gasteiger partial charge in [0.05, 0.1) is 13.2 Å². The molecule has 0 radical (unpaired) electrons. The second-order valence-electron chi connectivity index (χ2n) is 5.25. The number of para-hydroxylation sites is 1. The van der Waals surface area contributed by atoms with Crippen LogP contribution < -0.4 is 4.74 Å². The van der Waals surface area contributed by atoms with Crippen molar-refractivity contribution in [3.05, 3.63) is 30.3 Å². The minimum absolute atomic E-state index is 0.520. The normalized spacial score (nSPS) is 9.55. The van der Waals surface area contributed by atoms with Crippen molar-refractivity contribution in [1.29, 1.82) is 0 Å². The number of hydrogen-bond donors (Lipinski definition) is 0. The number of rotatable bonds is 12. The number of carbonyl (C=O) groups is 1. The van der Waals surface area contributed by atoms with E-state index in [0.717, 1.165) is 25.2 Å². The molecule has 1 rings (SSSR count). The second-order valence-corrected chi connectivity index (χ2v) is 5.25. The summed E-state index contributed by atoms with van der Waals surface area (Å²) in [6.07, 6.45) is 9.73. The first-order valence-corrected chi connectivity index (χ1v) is 8.58. The largest absolute Gasteiger partial charge is 0.494 e. The van der Waals surface area contributed by atoms with Crippen molar-refractivity contribution < 1.29 is 14.3 Å². The molecule has 0 fully saturated rings. The number of unbranched alkanes of at least 4 members (excludes halogenated alkanes) is 6. The zero-order chi connectivity index (χ0) is 16.3. The van der Waals surface area contributed by atoms with Gasteiger partial charge in [-0.05, 0) is 25.0 Å². The molecule has 126 valence electrons. The van der Waals surface area contributed by atoms with E-state index in [1.807, 2.05) is 30.3 Å². The Morgan fingerprint density at radius 2 is 1.45 bits per heavy atom. The standard InChI is InChI=1S/C10H14O.C9H18O2/c1-2-3-9-11-10-7-5-4-6-8-10;1-2-3-4-5-6-7-8-11-9-10/h4-8H,2-3,9H2,1H3;9H,2-8H2,1H3. The van der Waals surface area contributed by atoms with Crippen LogP contribution in [0.5, 0.6) is 5.75 Å². The summed E-state index contributed by atoms with van der Waals surface area (Å²) < 4.78 is 10.0. The van der Waals surface area contributed by atoms with Crippen LogP contribution in [-0.4, -0.2) is 19.7 Å². The van der Waals surface area contributed by atoms with E-state index < -0.39 is 0 Å². The Kier molecular flexibility index (Phi) is 16.3. The highest BCUT2D eigenvalue weighted by atomic mass is 16.5. The van der Waals surface area contributed by atoms with Gasteiger partial charge in [-0.15, -0.1) is 0 Å². The van der Waals surface area contributed by atoms with Gasteiger partial charge in [0.1, 0.15) is 5.75 Å². The van der Waals surface area contributed by atoms with Crippen LogP contribution in [0.15, 0.2) is 30.3 Å². The third-order valence-electron chi connectivity index (χ3n) is 3.19. The zero-order valence-electron chi connectivity index (χ0n) is 14.3. The van der Waals surface area contributed by atoms with Gasteiger partial charge in [-0.3, -0.25) is 4.79 Å². The lowest BCUT2D eigenvalue weighted by molar-refractivity contribution is -0.128. The monoisotopic (exact) mass is 308 g/mol. The van der Waals surface area contributed by atoms with Crippen molar-refractivity contribution in [3.8, 4) is 5.75 Å². The van der Waals surface area contributed by atoms with Gasteiger partial charge in [0.2, 0.25) is 0 Å². The summed E-state index contributed by atoms with van der Waals surface area (Å²) in [5.74, 6) is 0.973. The van der Waals surface area contributed by atoms with E-state index in [9.17, 15) is 4.79 Å². The maximum atomic E-state index is 9.72. The third-order valence-corrected chi connectivity index (χ3v) is 3.19. The maximum Gasteiger partial charge on any atom is 0.293 e. The van der Waals surface area contributed by atoms with Gasteiger partial charge in [0.15, 0.2) is 0 Å². The average molecular weight is 308 g/mol. The maximum absolute atomic E-state index is 9.72. The molecule has 0 spiro atoms. The molecule has 0 atom stereocenters. The highest BCUT2D eigenvalue weighted by Gasteiger charge is 1.89. The lowest BCUT2D eigenvalue weighted by Gasteiger charge is -2.03. The summed E-state index contributed by atoms with van der Waals surface area (Å²) in [7, 11) is 0. The second kappa shape index (κ2) is 17.5. The summed E-state index contributed by atoms with van der Waals surface area (Å²) in [4.78, 5) is 9.72. The number of carbonyl (C=O) groups excluding carboxylic acids is 1. The SMILES string of the molecule is CCCCCCCCOC=O.CCCCOc1ccccc1. The Bertz CT molecular complexity index is 325. The minimum atomic E-state index is 0.520. The first-order valence-electron chi connectivity index (χ1n) is 8.58. The summed E-state index contributed by atoms with van der Waals surface area (Å²) in [6, 6.07) is 9.93. The molecular formula is C19H32O3. The van der Waals surface area contributed by atoms with E-state index in [0.29, 0.717) is 13.1 Å². The van der Waals surface area contributed by atoms with Crippen LogP contribution in [0.25, 0.3) is 0 Å². The predicted octanol–water partition coefficient (Wildman–Crippen LogP) is 5.39. The Morgan fingerprint density at radius 3 is 2.09 bits per heavy atom. The fourth-order valence-corrected chi connectivity index (χ4v) is 1.86. The van der Waals surface area contributed by atoms with Gasteiger partial charge in [-0.2, -0.15) is 0 Å². The van der Waals surface area contributed by atoms with Crippen LogP contribution in [0.2, 0.25) is 0 Å². The molecule has 1 aromatic rings. The molecule has 0 N–H and O–H groups in total. The van der Waals surface area contributed by atoms with Crippen molar-refractivity contribution in [2.45, 2.75) is 65.2 Å². The Labute approximate surface area is 136 Å². The molecule has 0 aliphatic carbocycles. The molecule has 0 bridgehead atoms. The lowest BCUT2D eigenvalue weighted by atomic mass is 10.1. The number of hydrogen-bond acceptors (Lipinski definition) is 3. The van der Waals surface area contributed by atoms with Crippen LogP contribution in [0, 0.1) is 0 Å². The molecule has 0 amide bonds. The van der Waals surface area contributed by atoms with Crippen LogP contribution >= 0.6 is 0 Å². The van der Waals surface area contributed by atoms with E-state index in [2.05, 4.69) is 18.6 Å². The Hall–Kier alpha value is -1.51. The van der Waals surface area contributed by atoms with Crippen molar-refractivity contribution in [2.75, 3.05) is 13.2 Å². The molecule has 0 unspecified atom stereocenters. The zero-order valence-corrected chi connectivity index (χ0v) is 14.3. The number of ether oxygens (including phenoxy) is 2. The van der Waals surface area contributed by atoms with Gasteiger partial charge in [-0.25, -0.2) is 0 Å². The molecule has 0 aliphatic rings. The highest BCUT2D eigenvalue weighted by Crippen LogP contribution is 2.08. The van der Waals surface area contributed by atoms with Crippen molar-refractivity contribution in [1.82, 2.24) is 0 Å². The molecular weight excluding hydrogens is 276 g/mol. The fraction of sp³-hybridized carbons (Fsp3) is 0.632. The van der Waals surface area contributed by atoms with Crippen LogP contribution in [0.3, 0.4) is 0 Å². The summed E-state index contributed by atoms with van der Waals surface area (Å²) in [6.45, 7) is 6.31. The van der Waals surface area contributed by atoms with Gasteiger partial charge in [0, 0.05) is 0 Å². The molecule has 0 aliphatic heterocycles. The van der Waals surface area contributed by atoms with Crippen molar-refractivity contribution in [3.63, 3.8) is 0 Å². The molecule has 1 aromatic carbocycles. The van der Waals surface area contributed by atoms with E-state index in [-0.39, 0.29) is 0 Å². The fourth-order valence-electron chi connectivity index (χ4n) is 1.86. The van der Waals surface area contributed by atoms with Gasteiger partial charge >= 0.3 is 0 Å². The molecule has 0 heterocycles. The number of benzene rings is 1. The van der Waals surface area contributed by atoms with Crippen molar-refractivity contribution in [2.24, 2.45) is 0 Å². The van der Waals surface area contributed by atoms with E-state index in [4.69, 9.17) is 4.74 Å². The Morgan fingerprint density at radius 1 is 0.818 bits per heavy atom. The van der Waals surface area contributed by atoms with Gasteiger partial charge in [-0.1, -0.05) is 70.6 Å². The summed E-state index contributed by atoms with van der Waals surface area (Å²) in [5, 5.41) is 0. The smallest absolute Gasteiger partial charge is 0.293 e. The first kappa shape index (κ1) is 20.5. The minimum Gasteiger partial charge on any atom is -0.494 e. The molecule has 0 saturated heterocycles. The average Bonchev–Trinajstić information content (AvgIpc) is 2.56. The third kappa shape index (κ3) is 14.9.